The number of hydrogen-bond donors (Lipinski definition) is 3. The first kappa shape index (κ1) is 15.9. The lowest BCUT2D eigenvalue weighted by molar-refractivity contribution is -0.114. The molecule has 0 saturated heterocycles. The standard InChI is InChI=1S/C14H20N2O4S/c1-10(17)15-11-4-8-14(9-5-11)21(19,20)16-12-2-6-13(18)7-3-12/h4-5,8-9,12-13,16,18H,2-3,6-7H2,1H3,(H,15,17). The molecule has 0 spiro atoms. The van der Waals surface area contributed by atoms with Crippen LogP contribution in [-0.4, -0.2) is 31.6 Å². The number of amides is 1. The van der Waals surface area contributed by atoms with Gasteiger partial charge in [0.1, 0.15) is 0 Å². The molecule has 1 aliphatic carbocycles. The van der Waals surface area contributed by atoms with Crippen molar-refractivity contribution >= 4 is 21.6 Å². The second-order valence-corrected chi connectivity index (χ2v) is 7.05. The molecular formula is C14H20N2O4S. The number of carbonyl (C=O) groups excluding carboxylic acids is 1. The molecule has 0 aliphatic heterocycles. The topological polar surface area (TPSA) is 95.5 Å². The van der Waals surface area contributed by atoms with E-state index in [-0.39, 0.29) is 22.9 Å². The van der Waals surface area contributed by atoms with Crippen molar-refractivity contribution in [2.24, 2.45) is 0 Å². The summed E-state index contributed by atoms with van der Waals surface area (Å²) >= 11 is 0. The quantitative estimate of drug-likeness (QED) is 0.779. The summed E-state index contributed by atoms with van der Waals surface area (Å²) in [6.45, 7) is 1.39. The van der Waals surface area contributed by atoms with E-state index in [1.807, 2.05) is 0 Å². The Morgan fingerprint density at radius 3 is 2.24 bits per heavy atom. The van der Waals surface area contributed by atoms with E-state index >= 15 is 0 Å². The smallest absolute Gasteiger partial charge is 0.240 e. The normalized spacial score (nSPS) is 22.8. The third-order valence-corrected chi connectivity index (χ3v) is 5.04. The molecule has 21 heavy (non-hydrogen) atoms. The predicted octanol–water partition coefficient (Wildman–Crippen LogP) is 1.23. The van der Waals surface area contributed by atoms with Crippen LogP contribution in [0.4, 0.5) is 5.69 Å². The molecule has 0 radical (unpaired) electrons. The minimum Gasteiger partial charge on any atom is -0.393 e. The van der Waals surface area contributed by atoms with Crippen LogP contribution in [0.3, 0.4) is 0 Å². The molecule has 0 unspecified atom stereocenters. The Labute approximate surface area is 124 Å². The largest absolute Gasteiger partial charge is 0.393 e. The van der Waals surface area contributed by atoms with E-state index in [0.717, 1.165) is 0 Å². The van der Waals surface area contributed by atoms with Gasteiger partial charge in [0.2, 0.25) is 15.9 Å². The monoisotopic (exact) mass is 312 g/mol. The third-order valence-electron chi connectivity index (χ3n) is 3.50. The molecule has 0 heterocycles. The zero-order valence-electron chi connectivity index (χ0n) is 11.9. The Bertz CT molecular complexity index is 590. The Balaban J connectivity index is 2.03. The van der Waals surface area contributed by atoms with Gasteiger partial charge in [0.05, 0.1) is 11.0 Å². The van der Waals surface area contributed by atoms with Crippen LogP contribution in [0.15, 0.2) is 29.2 Å². The number of sulfonamides is 1. The van der Waals surface area contributed by atoms with E-state index in [9.17, 15) is 18.3 Å². The average Bonchev–Trinajstić information content (AvgIpc) is 2.41. The van der Waals surface area contributed by atoms with Gasteiger partial charge in [-0.15, -0.1) is 0 Å². The second-order valence-electron chi connectivity index (χ2n) is 5.33. The Hall–Kier alpha value is -1.44. The molecule has 0 aromatic heterocycles. The van der Waals surface area contributed by atoms with E-state index in [0.29, 0.717) is 31.4 Å². The van der Waals surface area contributed by atoms with Gasteiger partial charge in [0.25, 0.3) is 0 Å². The van der Waals surface area contributed by atoms with Gasteiger partial charge in [-0.05, 0) is 49.9 Å². The van der Waals surface area contributed by atoms with Crippen molar-refractivity contribution in [2.75, 3.05) is 5.32 Å². The van der Waals surface area contributed by atoms with E-state index < -0.39 is 10.0 Å². The summed E-state index contributed by atoms with van der Waals surface area (Å²) in [5.41, 5.74) is 0.558. The van der Waals surface area contributed by atoms with Crippen molar-refractivity contribution in [1.82, 2.24) is 4.72 Å². The van der Waals surface area contributed by atoms with E-state index in [1.54, 1.807) is 12.1 Å². The van der Waals surface area contributed by atoms with Gasteiger partial charge in [-0.25, -0.2) is 13.1 Å². The fourth-order valence-corrected chi connectivity index (χ4v) is 3.71. The van der Waals surface area contributed by atoms with Crippen molar-refractivity contribution in [3.8, 4) is 0 Å². The van der Waals surface area contributed by atoms with Crippen molar-refractivity contribution in [3.05, 3.63) is 24.3 Å². The molecule has 3 N–H and O–H groups in total. The summed E-state index contributed by atoms with van der Waals surface area (Å²) in [4.78, 5) is 11.1. The van der Waals surface area contributed by atoms with Crippen molar-refractivity contribution in [1.29, 1.82) is 0 Å². The summed E-state index contributed by atoms with van der Waals surface area (Å²) in [5, 5.41) is 12.0. The van der Waals surface area contributed by atoms with E-state index in [1.165, 1.54) is 19.1 Å². The molecule has 1 aliphatic rings. The number of carbonyl (C=O) groups is 1. The summed E-state index contributed by atoms with van der Waals surface area (Å²) < 4.78 is 27.2. The van der Waals surface area contributed by atoms with E-state index in [2.05, 4.69) is 10.0 Å². The minimum atomic E-state index is -3.57. The zero-order valence-corrected chi connectivity index (χ0v) is 12.7. The molecule has 0 atom stereocenters. The Morgan fingerprint density at radius 1 is 1.14 bits per heavy atom. The summed E-state index contributed by atoms with van der Waals surface area (Å²) in [7, 11) is -3.57. The third kappa shape index (κ3) is 4.52. The molecule has 7 heteroatoms. The first-order valence-corrected chi connectivity index (χ1v) is 8.43. The molecule has 116 valence electrons. The molecule has 2 rings (SSSR count). The molecule has 1 aromatic carbocycles. The van der Waals surface area contributed by atoms with Crippen molar-refractivity contribution in [3.63, 3.8) is 0 Å². The van der Waals surface area contributed by atoms with Crippen LogP contribution in [0.25, 0.3) is 0 Å². The first-order chi connectivity index (χ1) is 9.87. The molecule has 0 bridgehead atoms. The van der Waals surface area contributed by atoms with Crippen LogP contribution in [0.5, 0.6) is 0 Å². The van der Waals surface area contributed by atoms with Crippen molar-refractivity contribution in [2.45, 2.75) is 49.6 Å². The van der Waals surface area contributed by atoms with Gasteiger partial charge in [-0.3, -0.25) is 4.79 Å². The van der Waals surface area contributed by atoms with Crippen LogP contribution >= 0.6 is 0 Å². The van der Waals surface area contributed by atoms with Crippen LogP contribution < -0.4 is 10.0 Å². The van der Waals surface area contributed by atoms with Gasteiger partial charge in [0, 0.05) is 18.7 Å². The second kappa shape index (κ2) is 6.55. The lowest BCUT2D eigenvalue weighted by atomic mass is 9.94. The van der Waals surface area contributed by atoms with Crippen molar-refractivity contribution < 1.29 is 18.3 Å². The van der Waals surface area contributed by atoms with Crippen LogP contribution in [0.1, 0.15) is 32.6 Å². The summed E-state index contributed by atoms with van der Waals surface area (Å²) in [6, 6.07) is 5.91. The van der Waals surface area contributed by atoms with Gasteiger partial charge in [-0.1, -0.05) is 0 Å². The average molecular weight is 312 g/mol. The molecule has 1 aromatic rings. The lowest BCUT2D eigenvalue weighted by Gasteiger charge is -2.26. The fraction of sp³-hybridized carbons (Fsp3) is 0.500. The van der Waals surface area contributed by atoms with Crippen LogP contribution in [0, 0.1) is 0 Å². The number of nitrogens with one attached hydrogen (secondary N) is 2. The zero-order chi connectivity index (χ0) is 15.5. The van der Waals surface area contributed by atoms with Gasteiger partial charge in [0.15, 0.2) is 0 Å². The van der Waals surface area contributed by atoms with E-state index in [4.69, 9.17) is 0 Å². The van der Waals surface area contributed by atoms with Crippen LogP contribution in [-0.2, 0) is 14.8 Å². The maximum atomic E-state index is 12.3. The molecule has 6 nitrogen and oxygen atoms in total. The highest BCUT2D eigenvalue weighted by atomic mass is 32.2. The molecule has 1 saturated carbocycles. The van der Waals surface area contributed by atoms with Crippen LogP contribution in [0.2, 0.25) is 0 Å². The fourth-order valence-electron chi connectivity index (χ4n) is 2.40. The molecule has 1 fully saturated rings. The summed E-state index contributed by atoms with van der Waals surface area (Å²) in [5.74, 6) is -0.204. The molecule has 1 amide bonds. The lowest BCUT2D eigenvalue weighted by Crippen LogP contribution is -2.38. The maximum Gasteiger partial charge on any atom is 0.240 e. The molecular weight excluding hydrogens is 292 g/mol. The highest BCUT2D eigenvalue weighted by Gasteiger charge is 2.24. The highest BCUT2D eigenvalue weighted by molar-refractivity contribution is 7.89. The highest BCUT2D eigenvalue weighted by Crippen LogP contribution is 2.21. The predicted molar refractivity (Wildman–Crippen MR) is 79.3 cm³/mol. The number of rotatable bonds is 4. The number of anilines is 1. The van der Waals surface area contributed by atoms with Gasteiger partial charge in [-0.2, -0.15) is 0 Å². The minimum absolute atomic E-state index is 0.131. The number of benzene rings is 1. The summed E-state index contributed by atoms with van der Waals surface area (Å²) in [6.07, 6.45) is 2.21. The maximum absolute atomic E-state index is 12.3. The Kier molecular flexibility index (Phi) is 4.97. The number of hydrogen-bond acceptors (Lipinski definition) is 4. The number of aliphatic hydroxyl groups excluding tert-OH is 1. The SMILES string of the molecule is CC(=O)Nc1ccc(S(=O)(=O)NC2CCC(O)CC2)cc1. The van der Waals surface area contributed by atoms with Gasteiger partial charge < -0.3 is 10.4 Å². The number of aliphatic hydroxyl groups is 1. The Morgan fingerprint density at radius 2 is 1.71 bits per heavy atom. The first-order valence-electron chi connectivity index (χ1n) is 6.95. The van der Waals surface area contributed by atoms with Gasteiger partial charge >= 0.3 is 0 Å².